The molecule has 1 heterocycles. The summed E-state index contributed by atoms with van der Waals surface area (Å²) >= 11 is 1.67. The van der Waals surface area contributed by atoms with Crippen LogP contribution >= 0.6 is 11.3 Å². The van der Waals surface area contributed by atoms with Crippen molar-refractivity contribution >= 4 is 11.3 Å². The van der Waals surface area contributed by atoms with Crippen LogP contribution in [0.15, 0.2) is 11.4 Å². The van der Waals surface area contributed by atoms with Gasteiger partial charge in [-0.15, -0.1) is 11.3 Å². The van der Waals surface area contributed by atoms with Crippen LogP contribution in [0.2, 0.25) is 0 Å². The fourth-order valence-electron chi connectivity index (χ4n) is 1.53. The Balaban J connectivity index is 2.48. The molecule has 0 saturated carbocycles. The summed E-state index contributed by atoms with van der Waals surface area (Å²) < 4.78 is 0. The Bertz CT molecular complexity index is 390. The highest BCUT2D eigenvalue weighted by atomic mass is 32.1. The average molecular weight is 253 g/mol. The number of aliphatic hydroxyl groups is 2. The lowest BCUT2D eigenvalue weighted by Gasteiger charge is -2.16. The van der Waals surface area contributed by atoms with Gasteiger partial charge in [0.15, 0.2) is 0 Å². The van der Waals surface area contributed by atoms with Crippen LogP contribution in [0.4, 0.5) is 0 Å². The molecular formula is C13H19NO2S. The van der Waals surface area contributed by atoms with Gasteiger partial charge in [-0.25, -0.2) is 0 Å². The largest absolute Gasteiger partial charge is 0.395 e. The van der Waals surface area contributed by atoms with Crippen LogP contribution in [0.5, 0.6) is 0 Å². The molecule has 0 aliphatic heterocycles. The van der Waals surface area contributed by atoms with Crippen LogP contribution in [-0.4, -0.2) is 41.4 Å². The maximum atomic E-state index is 9.27. The standard InChI is InChI=1S/C13H19NO2S/c1-11(16)8-14(2)9-13-7-12(10-17-13)5-3-4-6-15/h7,10-11,15-16H,4,6,8-9H2,1-2H3. The molecule has 2 N–H and O–H groups in total. The molecule has 17 heavy (non-hydrogen) atoms. The van der Waals surface area contributed by atoms with Crippen LogP contribution in [-0.2, 0) is 6.54 Å². The van der Waals surface area contributed by atoms with Gasteiger partial charge in [0, 0.05) is 35.3 Å². The lowest BCUT2D eigenvalue weighted by Crippen LogP contribution is -2.26. The van der Waals surface area contributed by atoms with Crippen molar-refractivity contribution in [2.75, 3.05) is 20.2 Å². The first-order valence-electron chi connectivity index (χ1n) is 5.65. The second-order valence-electron chi connectivity index (χ2n) is 4.12. The van der Waals surface area contributed by atoms with Crippen molar-refractivity contribution in [1.29, 1.82) is 0 Å². The lowest BCUT2D eigenvalue weighted by atomic mass is 10.3. The van der Waals surface area contributed by atoms with Crippen molar-refractivity contribution in [2.24, 2.45) is 0 Å². The second-order valence-corrected chi connectivity index (χ2v) is 5.12. The maximum absolute atomic E-state index is 9.27. The van der Waals surface area contributed by atoms with Crippen molar-refractivity contribution in [3.8, 4) is 11.8 Å². The van der Waals surface area contributed by atoms with Crippen LogP contribution in [0.3, 0.4) is 0 Å². The molecule has 0 aliphatic rings. The van der Waals surface area contributed by atoms with Crippen LogP contribution in [0, 0.1) is 11.8 Å². The number of nitrogens with zero attached hydrogens (tertiary/aromatic N) is 1. The monoisotopic (exact) mass is 253 g/mol. The van der Waals surface area contributed by atoms with Gasteiger partial charge >= 0.3 is 0 Å². The summed E-state index contributed by atoms with van der Waals surface area (Å²) in [5.74, 6) is 5.92. The van der Waals surface area contributed by atoms with Gasteiger partial charge in [0.2, 0.25) is 0 Å². The molecule has 94 valence electrons. The summed E-state index contributed by atoms with van der Waals surface area (Å²) in [4.78, 5) is 3.32. The van der Waals surface area contributed by atoms with Gasteiger partial charge in [-0.05, 0) is 20.0 Å². The summed E-state index contributed by atoms with van der Waals surface area (Å²) in [6.45, 7) is 3.40. The Morgan fingerprint density at radius 3 is 2.94 bits per heavy atom. The first-order chi connectivity index (χ1) is 8.11. The van der Waals surface area contributed by atoms with E-state index in [1.165, 1.54) is 4.88 Å². The molecule has 0 aliphatic carbocycles. The minimum atomic E-state index is -0.302. The van der Waals surface area contributed by atoms with Gasteiger partial charge in [-0.2, -0.15) is 0 Å². The Morgan fingerprint density at radius 1 is 1.53 bits per heavy atom. The van der Waals surface area contributed by atoms with E-state index in [4.69, 9.17) is 5.11 Å². The quantitative estimate of drug-likeness (QED) is 0.777. The second kappa shape index (κ2) is 7.46. The Labute approximate surface area is 107 Å². The fourth-order valence-corrected chi connectivity index (χ4v) is 2.43. The zero-order valence-electron chi connectivity index (χ0n) is 10.3. The van der Waals surface area contributed by atoms with Crippen molar-refractivity contribution in [1.82, 2.24) is 4.90 Å². The summed E-state index contributed by atoms with van der Waals surface area (Å²) in [6.07, 6.45) is 0.219. The van der Waals surface area contributed by atoms with E-state index in [1.54, 1.807) is 18.3 Å². The third-order valence-corrected chi connectivity index (χ3v) is 3.05. The van der Waals surface area contributed by atoms with E-state index < -0.39 is 0 Å². The first-order valence-corrected chi connectivity index (χ1v) is 6.53. The summed E-state index contributed by atoms with van der Waals surface area (Å²) in [7, 11) is 1.99. The number of likely N-dealkylation sites (N-methyl/N-ethyl adjacent to an activating group) is 1. The highest BCUT2D eigenvalue weighted by molar-refractivity contribution is 7.10. The van der Waals surface area contributed by atoms with Crippen LogP contribution in [0.25, 0.3) is 0 Å². The van der Waals surface area contributed by atoms with Gasteiger partial charge in [-0.1, -0.05) is 11.8 Å². The predicted octanol–water partition coefficient (Wildman–Crippen LogP) is 1.29. The van der Waals surface area contributed by atoms with E-state index in [1.807, 2.05) is 12.4 Å². The number of aliphatic hydroxyl groups excluding tert-OH is 2. The van der Waals surface area contributed by atoms with Gasteiger partial charge in [-0.3, -0.25) is 4.90 Å². The molecule has 1 aromatic heterocycles. The van der Waals surface area contributed by atoms with Crippen molar-refractivity contribution in [2.45, 2.75) is 26.0 Å². The highest BCUT2D eigenvalue weighted by Crippen LogP contribution is 2.15. The summed E-state index contributed by atoms with van der Waals surface area (Å²) in [6, 6.07) is 2.06. The molecule has 4 heteroatoms. The predicted molar refractivity (Wildman–Crippen MR) is 70.9 cm³/mol. The molecule has 3 nitrogen and oxygen atoms in total. The minimum Gasteiger partial charge on any atom is -0.395 e. The summed E-state index contributed by atoms with van der Waals surface area (Å²) in [5, 5.41) is 19.9. The third-order valence-electron chi connectivity index (χ3n) is 2.12. The van der Waals surface area contributed by atoms with Crippen molar-refractivity contribution in [3.05, 3.63) is 21.9 Å². The summed E-state index contributed by atoms with van der Waals surface area (Å²) in [5.41, 5.74) is 1.00. The molecule has 0 saturated heterocycles. The molecule has 0 amide bonds. The zero-order chi connectivity index (χ0) is 12.7. The Hall–Kier alpha value is -0.860. The third kappa shape index (κ3) is 5.85. The average Bonchev–Trinajstić information content (AvgIpc) is 2.64. The molecule has 1 rings (SSSR count). The molecule has 0 aromatic carbocycles. The number of hydrogen-bond acceptors (Lipinski definition) is 4. The van der Waals surface area contributed by atoms with E-state index in [-0.39, 0.29) is 12.7 Å². The van der Waals surface area contributed by atoms with Crippen LogP contribution < -0.4 is 0 Å². The molecule has 1 unspecified atom stereocenters. The van der Waals surface area contributed by atoms with Crippen molar-refractivity contribution in [3.63, 3.8) is 0 Å². The zero-order valence-corrected chi connectivity index (χ0v) is 11.1. The Kier molecular flexibility index (Phi) is 6.23. The Morgan fingerprint density at radius 2 is 2.29 bits per heavy atom. The molecule has 1 aromatic rings. The van der Waals surface area contributed by atoms with Gasteiger partial charge in [0.25, 0.3) is 0 Å². The number of hydrogen-bond donors (Lipinski definition) is 2. The van der Waals surface area contributed by atoms with E-state index in [0.717, 1.165) is 12.1 Å². The lowest BCUT2D eigenvalue weighted by molar-refractivity contribution is 0.139. The van der Waals surface area contributed by atoms with Crippen LogP contribution in [0.1, 0.15) is 23.8 Å². The molecule has 0 fully saturated rings. The number of rotatable bonds is 5. The molecule has 0 spiro atoms. The van der Waals surface area contributed by atoms with E-state index in [0.29, 0.717) is 13.0 Å². The maximum Gasteiger partial charge on any atom is 0.0639 e. The van der Waals surface area contributed by atoms with Gasteiger partial charge < -0.3 is 10.2 Å². The van der Waals surface area contributed by atoms with Gasteiger partial charge in [0.1, 0.15) is 0 Å². The molecule has 1 atom stereocenters. The van der Waals surface area contributed by atoms with E-state index >= 15 is 0 Å². The van der Waals surface area contributed by atoms with Gasteiger partial charge in [0.05, 0.1) is 12.7 Å². The van der Waals surface area contributed by atoms with E-state index in [9.17, 15) is 5.11 Å². The first kappa shape index (κ1) is 14.2. The number of thiophene rings is 1. The smallest absolute Gasteiger partial charge is 0.0639 e. The highest BCUT2D eigenvalue weighted by Gasteiger charge is 2.05. The fraction of sp³-hybridized carbons (Fsp3) is 0.538. The molecular weight excluding hydrogens is 234 g/mol. The topological polar surface area (TPSA) is 43.7 Å². The SMILES string of the molecule is CC(O)CN(C)Cc1cc(C#CCCO)cs1. The normalized spacial score (nSPS) is 12.3. The van der Waals surface area contributed by atoms with E-state index in [2.05, 4.69) is 22.8 Å². The molecule has 0 bridgehead atoms. The minimum absolute atomic E-state index is 0.112. The van der Waals surface area contributed by atoms with Crippen molar-refractivity contribution < 1.29 is 10.2 Å². The molecule has 0 radical (unpaired) electrons.